The van der Waals surface area contributed by atoms with E-state index >= 15 is 0 Å². The molecule has 6 aromatic rings. The summed E-state index contributed by atoms with van der Waals surface area (Å²) in [4.78, 5) is 7.98. The molecule has 5 nitrogen and oxygen atoms in total. The fraction of sp³-hybridized carbons (Fsp3) is 0.250. The van der Waals surface area contributed by atoms with Crippen molar-refractivity contribution in [1.82, 2.24) is 9.55 Å². The summed E-state index contributed by atoms with van der Waals surface area (Å²) < 4.78 is 32.9. The molecule has 4 aromatic carbocycles. The molecule has 1 aliphatic rings. The number of rotatable bonds is 4. The van der Waals surface area contributed by atoms with E-state index in [2.05, 4.69) is 94.6 Å². The molecule has 7 rings (SSSR count). The van der Waals surface area contributed by atoms with Gasteiger partial charge in [-0.2, -0.15) is 18.8 Å². The second-order valence-corrected chi connectivity index (χ2v) is 13.9. The molecule has 0 atom stereocenters. The maximum Gasteiger partial charge on any atom is 0.135 e. The first-order valence-electron chi connectivity index (χ1n) is 16.8. The summed E-state index contributed by atoms with van der Waals surface area (Å²) in [7, 11) is 0. The van der Waals surface area contributed by atoms with E-state index in [4.69, 9.17) is 13.8 Å². The van der Waals surface area contributed by atoms with Crippen molar-refractivity contribution in [2.45, 2.75) is 59.3 Å². The number of aryl methyl sites for hydroxylation is 1. The Bertz CT molecular complexity index is 2190. The minimum Gasteiger partial charge on any atom is -0.509 e. The molecule has 46 heavy (non-hydrogen) atoms. The molecule has 0 aliphatic carbocycles. The topological polar surface area (TPSA) is 33.5 Å². The molecule has 2 aromatic heterocycles. The van der Waals surface area contributed by atoms with Crippen molar-refractivity contribution in [3.63, 3.8) is 0 Å². The van der Waals surface area contributed by atoms with Crippen LogP contribution in [0.5, 0.6) is 11.5 Å². The molecule has 0 N–H and O–H groups in total. The van der Waals surface area contributed by atoms with Gasteiger partial charge < -0.3 is 19.1 Å². The number of aromatic nitrogens is 2. The Labute approximate surface area is 291 Å². The van der Waals surface area contributed by atoms with Crippen LogP contribution in [-0.4, -0.2) is 16.5 Å². The molecule has 1 aliphatic heterocycles. The number of ether oxygens (including phenoxy) is 1. The van der Waals surface area contributed by atoms with E-state index in [9.17, 15) is 0 Å². The summed E-state index contributed by atoms with van der Waals surface area (Å²) in [6.45, 7) is 14.6. The van der Waals surface area contributed by atoms with Crippen LogP contribution in [0.4, 0.5) is 17.1 Å². The Morgan fingerprint density at radius 3 is 2.28 bits per heavy atom. The smallest absolute Gasteiger partial charge is 0.135 e. The van der Waals surface area contributed by atoms with Crippen molar-refractivity contribution in [1.29, 1.82) is 0 Å². The monoisotopic (exact) mass is 789 g/mol. The van der Waals surface area contributed by atoms with Crippen molar-refractivity contribution < 1.29 is 29.9 Å². The van der Waals surface area contributed by atoms with E-state index < -0.39 is 6.98 Å². The summed E-state index contributed by atoms with van der Waals surface area (Å²) in [6, 6.07) is 33.2. The van der Waals surface area contributed by atoms with Gasteiger partial charge in [0, 0.05) is 59.8 Å². The third-order valence-electron chi connectivity index (χ3n) is 8.52. The van der Waals surface area contributed by atoms with Gasteiger partial charge in [0.2, 0.25) is 0 Å². The zero-order chi connectivity index (χ0) is 34.2. The molecule has 0 amide bonds. The van der Waals surface area contributed by atoms with E-state index in [1.165, 1.54) is 16.0 Å². The largest absolute Gasteiger partial charge is 0.509 e. The van der Waals surface area contributed by atoms with Gasteiger partial charge >= 0.3 is 0 Å². The number of nitrogens with zero attached hydrogens (tertiary/aromatic N) is 4. The van der Waals surface area contributed by atoms with E-state index in [0.29, 0.717) is 22.9 Å². The van der Waals surface area contributed by atoms with E-state index in [1.807, 2.05) is 60.5 Å². The van der Waals surface area contributed by atoms with E-state index in [1.54, 1.807) is 6.67 Å². The molecule has 0 saturated carbocycles. The third kappa shape index (κ3) is 5.60. The van der Waals surface area contributed by atoms with Crippen molar-refractivity contribution in [3.8, 4) is 17.3 Å². The van der Waals surface area contributed by atoms with Crippen molar-refractivity contribution in [2.24, 2.45) is 0 Å². The van der Waals surface area contributed by atoms with Crippen LogP contribution in [0, 0.1) is 25.7 Å². The number of pyridine rings is 1. The molecule has 238 valence electrons. The van der Waals surface area contributed by atoms with Gasteiger partial charge in [0.1, 0.15) is 5.82 Å². The summed E-state index contributed by atoms with van der Waals surface area (Å²) >= 11 is 0. The Balaban J connectivity index is 0.00000417. The molecule has 6 heteroatoms. The van der Waals surface area contributed by atoms with Gasteiger partial charge in [0.05, 0.1) is 0 Å². The van der Waals surface area contributed by atoms with Crippen LogP contribution >= 0.6 is 0 Å². The van der Waals surface area contributed by atoms with Crippen LogP contribution in [0.2, 0.25) is 0 Å². The predicted octanol–water partition coefficient (Wildman–Crippen LogP) is 10.2. The first-order valence-corrected chi connectivity index (χ1v) is 15.3. The quantitative estimate of drug-likeness (QED) is 0.167. The first kappa shape index (κ1) is 28.2. The van der Waals surface area contributed by atoms with Crippen molar-refractivity contribution in [3.05, 3.63) is 121 Å². The predicted molar refractivity (Wildman–Crippen MR) is 186 cm³/mol. The molecule has 0 radical (unpaired) electrons. The number of fused-ring (bicyclic) bond motifs is 4. The Kier molecular flexibility index (Phi) is 7.11. The SMILES string of the molecule is [2H]C([2H])([2H])N1[CH-]N(c2[c-]c(Oc3[c-]c4c(cc3C)c3cc(C(C)(C)C)ccc3n4-c3cc(C(C)(C)C)ccn3)ccc2)c2ccccc21.[Pt]. The van der Waals surface area contributed by atoms with Crippen LogP contribution < -0.4 is 14.5 Å². The minimum atomic E-state index is -2.33. The normalized spacial score (nSPS) is 14.5. The third-order valence-corrected chi connectivity index (χ3v) is 8.52. The number of hydrogen-bond acceptors (Lipinski definition) is 4. The number of benzene rings is 4. The van der Waals surface area contributed by atoms with Gasteiger partial charge in [0.25, 0.3) is 0 Å². The van der Waals surface area contributed by atoms with Crippen LogP contribution in [0.15, 0.2) is 85.1 Å². The van der Waals surface area contributed by atoms with Crippen LogP contribution in [0.1, 0.15) is 62.3 Å². The average molecular weight is 790 g/mol. The zero-order valence-corrected chi connectivity index (χ0v) is 29.4. The van der Waals surface area contributed by atoms with E-state index in [0.717, 1.165) is 38.9 Å². The molecular weight excluding hydrogens is 748 g/mol. The maximum absolute atomic E-state index is 8.05. The zero-order valence-electron chi connectivity index (χ0n) is 30.2. The fourth-order valence-electron chi connectivity index (χ4n) is 5.94. The Morgan fingerprint density at radius 1 is 0.804 bits per heavy atom. The molecule has 0 spiro atoms. The molecule has 3 heterocycles. The van der Waals surface area contributed by atoms with E-state index in [-0.39, 0.29) is 31.9 Å². The van der Waals surface area contributed by atoms with Crippen molar-refractivity contribution in [2.75, 3.05) is 16.8 Å². The standard InChI is InChI=1S/C40H39N4O.Pt/c1-26-20-31-32-21-27(39(2,3)4)16-17-33(32)44(38-22-28(18-19-41-38)40(5,6)7)36(31)24-37(26)45-30-13-11-12-29(23-30)43-25-42(8)34-14-9-10-15-35(34)43;/h9-22,25H,1-8H3;/q-3;/i8D3;. The fourth-order valence-corrected chi connectivity index (χ4v) is 5.94. The number of para-hydroxylation sites is 2. The Hall–Kier alpha value is -4.08. The van der Waals surface area contributed by atoms with Crippen LogP contribution in [0.3, 0.4) is 0 Å². The molecule has 0 unspecified atom stereocenters. The summed E-state index contributed by atoms with van der Waals surface area (Å²) in [5.74, 6) is 1.90. The minimum absolute atomic E-state index is 0. The second kappa shape index (κ2) is 11.6. The van der Waals surface area contributed by atoms with Crippen molar-refractivity contribution >= 4 is 38.9 Å². The Morgan fingerprint density at radius 2 is 1.54 bits per heavy atom. The van der Waals surface area contributed by atoms with Gasteiger partial charge in [-0.1, -0.05) is 78.2 Å². The summed E-state index contributed by atoms with van der Waals surface area (Å²) in [5, 5.41) is 2.22. The molecular formula is C40H39N4OPt-3. The van der Waals surface area contributed by atoms with Crippen LogP contribution in [-0.2, 0) is 31.9 Å². The second-order valence-electron chi connectivity index (χ2n) is 13.9. The number of anilines is 3. The summed E-state index contributed by atoms with van der Waals surface area (Å²) in [6.07, 6.45) is 1.88. The van der Waals surface area contributed by atoms with Crippen LogP contribution in [0.25, 0.3) is 27.6 Å². The van der Waals surface area contributed by atoms with Gasteiger partial charge in [-0.05, 0) is 64.7 Å². The van der Waals surface area contributed by atoms with Gasteiger partial charge in [-0.3, -0.25) is 0 Å². The van der Waals surface area contributed by atoms with Gasteiger partial charge in [0.15, 0.2) is 0 Å². The first-order chi connectivity index (χ1) is 22.6. The number of hydrogen-bond donors (Lipinski definition) is 0. The van der Waals surface area contributed by atoms with Gasteiger partial charge in [-0.25, -0.2) is 4.98 Å². The summed E-state index contributed by atoms with van der Waals surface area (Å²) in [5.41, 5.74) is 7.30. The molecule has 0 saturated heterocycles. The average Bonchev–Trinajstić information content (AvgIpc) is 3.57. The van der Waals surface area contributed by atoms with Gasteiger partial charge in [-0.15, -0.1) is 40.9 Å². The maximum atomic E-state index is 8.05. The molecule has 0 bridgehead atoms. The molecule has 0 fully saturated rings.